The summed E-state index contributed by atoms with van der Waals surface area (Å²) in [5.41, 5.74) is 0. The molecule has 1 atom stereocenters. The Morgan fingerprint density at radius 1 is 1.60 bits per heavy atom. The van der Waals surface area contributed by atoms with Gasteiger partial charge in [-0.3, -0.25) is 0 Å². The van der Waals surface area contributed by atoms with Crippen molar-refractivity contribution in [3.63, 3.8) is 0 Å². The average molecular weight is 179 g/mol. The Bertz CT molecular complexity index is 89.8. The number of hydrogen-bond donors (Lipinski definition) is 0. The van der Waals surface area contributed by atoms with Crippen molar-refractivity contribution in [2.24, 2.45) is 4.58 Å². The van der Waals surface area contributed by atoms with Crippen molar-refractivity contribution in [3.8, 4) is 0 Å². The summed E-state index contributed by atoms with van der Waals surface area (Å²) in [5, 5.41) is 0.558. The summed E-state index contributed by atoms with van der Waals surface area (Å²) in [6, 6.07) is 0. The first kappa shape index (κ1) is 10.3. The molecule has 0 rings (SSSR count). The maximum absolute atomic E-state index is 9.68. The van der Waals surface area contributed by atoms with Gasteiger partial charge in [-0.25, -0.2) is 0 Å². The fraction of sp³-hybridized carbons (Fsp3) is 1.00. The van der Waals surface area contributed by atoms with E-state index in [1.807, 2.05) is 0 Å². The number of nitroso groups, excluding NO2 is 1. The molecule has 0 aromatic heterocycles. The first-order chi connectivity index (χ1) is 4.81. The van der Waals surface area contributed by atoms with E-state index in [1.54, 1.807) is 10.8 Å². The Labute approximate surface area is 70.0 Å². The smallest absolute Gasteiger partial charge is 0.0906 e. The fourth-order valence-corrected chi connectivity index (χ4v) is 1.91. The topological polar surface area (TPSA) is 29.4 Å². The van der Waals surface area contributed by atoms with Gasteiger partial charge in [0.25, 0.3) is 0 Å². The Morgan fingerprint density at radius 2 is 2.30 bits per heavy atom. The highest BCUT2D eigenvalue weighted by atomic mass is 33.1. The molecule has 10 heavy (non-hydrogen) atoms. The van der Waals surface area contributed by atoms with E-state index in [-0.39, 0.29) is 0 Å². The summed E-state index contributed by atoms with van der Waals surface area (Å²) in [6.45, 7) is 4.29. The standard InChI is InChI=1S/C6H13NOS2/c1-3-4-5-6(2)9-10-7-8/h6H,3-5H2,1-2H3. The van der Waals surface area contributed by atoms with Gasteiger partial charge in [0.2, 0.25) is 0 Å². The SMILES string of the molecule is CCCCC(C)SSN=O. The number of hydrogen-bond acceptors (Lipinski definition) is 4. The second-order valence-corrected chi connectivity index (χ2v) is 4.52. The van der Waals surface area contributed by atoms with Crippen LogP contribution in [0.1, 0.15) is 33.1 Å². The van der Waals surface area contributed by atoms with E-state index in [2.05, 4.69) is 18.4 Å². The van der Waals surface area contributed by atoms with Gasteiger partial charge in [-0.15, -0.1) is 4.91 Å². The molecule has 4 heteroatoms. The second kappa shape index (κ2) is 7.41. The lowest BCUT2D eigenvalue weighted by Crippen LogP contribution is -1.91. The van der Waals surface area contributed by atoms with Crippen LogP contribution < -0.4 is 0 Å². The monoisotopic (exact) mass is 179 g/mol. The van der Waals surface area contributed by atoms with E-state index in [4.69, 9.17) is 0 Å². The third-order valence-electron chi connectivity index (χ3n) is 1.20. The third kappa shape index (κ3) is 6.42. The molecule has 0 saturated carbocycles. The Hall–Kier alpha value is 0.300. The molecule has 0 aliphatic carbocycles. The van der Waals surface area contributed by atoms with E-state index in [1.165, 1.54) is 19.3 Å². The highest BCUT2D eigenvalue weighted by Crippen LogP contribution is 2.29. The molecule has 60 valence electrons. The summed E-state index contributed by atoms with van der Waals surface area (Å²) >= 11 is 0. The van der Waals surface area contributed by atoms with Crippen LogP contribution in [0.3, 0.4) is 0 Å². The molecule has 0 aromatic carbocycles. The van der Waals surface area contributed by atoms with Crippen LogP contribution in [-0.2, 0) is 0 Å². The highest BCUT2D eigenvalue weighted by molar-refractivity contribution is 8.76. The maximum Gasteiger partial charge on any atom is 0.0906 e. The largest absolute Gasteiger partial charge is 0.136 e. The molecule has 0 aromatic rings. The van der Waals surface area contributed by atoms with Gasteiger partial charge < -0.3 is 0 Å². The molecular weight excluding hydrogens is 166 g/mol. The predicted molar refractivity (Wildman–Crippen MR) is 50.0 cm³/mol. The van der Waals surface area contributed by atoms with Crippen LogP contribution in [0.2, 0.25) is 0 Å². The molecule has 0 spiro atoms. The van der Waals surface area contributed by atoms with E-state index < -0.39 is 0 Å². The predicted octanol–water partition coefficient (Wildman–Crippen LogP) is 3.63. The molecule has 0 aliphatic rings. The van der Waals surface area contributed by atoms with Gasteiger partial charge in [0.1, 0.15) is 0 Å². The summed E-state index contributed by atoms with van der Waals surface area (Å²) in [6.07, 6.45) is 3.65. The van der Waals surface area contributed by atoms with Crippen LogP contribution in [0.4, 0.5) is 0 Å². The van der Waals surface area contributed by atoms with E-state index >= 15 is 0 Å². The molecular formula is C6H13NOS2. The van der Waals surface area contributed by atoms with Gasteiger partial charge >= 0.3 is 0 Å². The minimum absolute atomic E-state index is 0.558. The fourth-order valence-electron chi connectivity index (χ4n) is 0.631. The van der Waals surface area contributed by atoms with Gasteiger partial charge in [0, 0.05) is 9.83 Å². The van der Waals surface area contributed by atoms with Crippen LogP contribution in [0.5, 0.6) is 0 Å². The summed E-state index contributed by atoms with van der Waals surface area (Å²) < 4.78 is 2.71. The number of nitrogens with zero attached hydrogens (tertiary/aromatic N) is 1. The third-order valence-corrected chi connectivity index (χ3v) is 3.34. The van der Waals surface area contributed by atoms with Crippen LogP contribution in [0.15, 0.2) is 4.58 Å². The molecule has 0 N–H and O–H groups in total. The zero-order chi connectivity index (χ0) is 7.82. The highest BCUT2D eigenvalue weighted by Gasteiger charge is 2.01. The normalized spacial score (nSPS) is 13.0. The van der Waals surface area contributed by atoms with Gasteiger partial charge in [0.05, 0.1) is 11.0 Å². The second-order valence-electron chi connectivity index (χ2n) is 2.20. The molecule has 0 amide bonds. The zero-order valence-corrected chi connectivity index (χ0v) is 8.00. The lowest BCUT2D eigenvalue weighted by atomic mass is 10.2. The van der Waals surface area contributed by atoms with E-state index in [0.29, 0.717) is 5.25 Å². The maximum atomic E-state index is 9.68. The van der Waals surface area contributed by atoms with Crippen molar-refractivity contribution in [3.05, 3.63) is 4.91 Å². The zero-order valence-electron chi connectivity index (χ0n) is 6.37. The quantitative estimate of drug-likeness (QED) is 0.354. The number of unbranched alkanes of at least 4 members (excludes halogenated alkanes) is 1. The molecule has 0 heterocycles. The van der Waals surface area contributed by atoms with Crippen molar-refractivity contribution in [2.75, 3.05) is 0 Å². The molecule has 0 aliphatic heterocycles. The summed E-state index contributed by atoms with van der Waals surface area (Å²) in [7, 11) is 2.61. The minimum Gasteiger partial charge on any atom is -0.136 e. The first-order valence-corrected chi connectivity index (χ1v) is 5.63. The van der Waals surface area contributed by atoms with Crippen molar-refractivity contribution in [1.29, 1.82) is 0 Å². The molecule has 1 unspecified atom stereocenters. The van der Waals surface area contributed by atoms with E-state index in [0.717, 1.165) is 11.0 Å². The minimum atomic E-state index is 0.558. The Morgan fingerprint density at radius 3 is 2.80 bits per heavy atom. The molecule has 2 nitrogen and oxygen atoms in total. The van der Waals surface area contributed by atoms with Crippen LogP contribution >= 0.6 is 21.8 Å². The summed E-state index contributed by atoms with van der Waals surface area (Å²) in [5.74, 6) is 0. The van der Waals surface area contributed by atoms with E-state index in [9.17, 15) is 4.91 Å². The van der Waals surface area contributed by atoms with Gasteiger partial charge in [-0.2, -0.15) is 0 Å². The van der Waals surface area contributed by atoms with Crippen LogP contribution in [0, 0.1) is 4.91 Å². The Kier molecular flexibility index (Phi) is 7.63. The van der Waals surface area contributed by atoms with Gasteiger partial charge in [-0.1, -0.05) is 37.5 Å². The van der Waals surface area contributed by atoms with Gasteiger partial charge in [0.15, 0.2) is 0 Å². The van der Waals surface area contributed by atoms with Crippen molar-refractivity contribution < 1.29 is 0 Å². The van der Waals surface area contributed by atoms with Crippen molar-refractivity contribution in [2.45, 2.75) is 38.4 Å². The summed E-state index contributed by atoms with van der Waals surface area (Å²) in [4.78, 5) is 9.68. The molecule has 0 fully saturated rings. The Balaban J connectivity index is 3.07. The van der Waals surface area contributed by atoms with Crippen molar-refractivity contribution in [1.82, 2.24) is 0 Å². The van der Waals surface area contributed by atoms with Crippen molar-refractivity contribution >= 4 is 21.8 Å². The van der Waals surface area contributed by atoms with Gasteiger partial charge in [-0.05, 0) is 6.42 Å². The average Bonchev–Trinajstić information content (AvgIpc) is 1.97. The molecule has 0 saturated heterocycles. The van der Waals surface area contributed by atoms with Crippen LogP contribution in [0.25, 0.3) is 0 Å². The first-order valence-electron chi connectivity index (χ1n) is 3.46. The number of rotatable bonds is 6. The van der Waals surface area contributed by atoms with Crippen LogP contribution in [-0.4, -0.2) is 5.25 Å². The lowest BCUT2D eigenvalue weighted by Gasteiger charge is -2.04. The lowest BCUT2D eigenvalue weighted by molar-refractivity contribution is 0.715. The molecule has 0 bridgehead atoms. The molecule has 0 radical (unpaired) electrons.